The molecule has 0 N–H and O–H groups in total. The zero-order valence-corrected chi connectivity index (χ0v) is 14.9. The summed E-state index contributed by atoms with van der Waals surface area (Å²) in [5.41, 5.74) is 1.97. The minimum Gasteiger partial charge on any atom is -0.465 e. The number of carbonyl (C=O) groups excluding carboxylic acids is 1. The quantitative estimate of drug-likeness (QED) is 0.400. The van der Waals surface area contributed by atoms with E-state index in [2.05, 4.69) is 4.98 Å². The van der Waals surface area contributed by atoms with Crippen LogP contribution in [0.5, 0.6) is 0 Å². The number of fused-ring (bicyclic) bond motifs is 1. The lowest BCUT2D eigenvalue weighted by Gasteiger charge is -2.12. The van der Waals surface area contributed by atoms with Crippen molar-refractivity contribution >= 4 is 28.6 Å². The Balaban J connectivity index is 2.02. The van der Waals surface area contributed by atoms with Crippen LogP contribution in [0, 0.1) is 0 Å². The van der Waals surface area contributed by atoms with Gasteiger partial charge in [-0.25, -0.2) is 9.78 Å². The maximum Gasteiger partial charge on any atom is 0.337 e. The Bertz CT molecular complexity index is 968. The Morgan fingerprint density at radius 2 is 1.96 bits per heavy atom. The highest BCUT2D eigenvalue weighted by Gasteiger charge is 2.13. The van der Waals surface area contributed by atoms with Gasteiger partial charge in [-0.2, -0.15) is 0 Å². The highest BCUT2D eigenvalue weighted by molar-refractivity contribution is 7.98. The second-order valence-electron chi connectivity index (χ2n) is 5.51. The largest absolute Gasteiger partial charge is 0.465 e. The average molecular weight is 354 g/mol. The summed E-state index contributed by atoms with van der Waals surface area (Å²) in [7, 11) is 1.33. The number of esters is 1. The lowest BCUT2D eigenvalue weighted by atomic mass is 10.1. The van der Waals surface area contributed by atoms with Crippen LogP contribution in [-0.4, -0.2) is 28.9 Å². The minimum absolute atomic E-state index is 0.0957. The number of ether oxygens (including phenoxy) is 1. The average Bonchev–Trinajstić information content (AvgIpc) is 2.66. The second-order valence-corrected chi connectivity index (χ2v) is 6.29. The van der Waals surface area contributed by atoms with Gasteiger partial charge in [-0.1, -0.05) is 42.1 Å². The lowest BCUT2D eigenvalue weighted by molar-refractivity contribution is 0.0601. The maximum atomic E-state index is 12.9. The standard InChI is InChI=1S/C19H18N2O3S/c1-24-18(23)14-8-9-15-16(12-14)20-19(25-2)21(17(15)22)11-10-13-6-4-3-5-7-13/h3-9,12H,10-11H2,1-2H3. The molecule has 25 heavy (non-hydrogen) atoms. The lowest BCUT2D eigenvalue weighted by Crippen LogP contribution is -2.24. The Morgan fingerprint density at radius 3 is 2.64 bits per heavy atom. The molecule has 1 heterocycles. The molecule has 5 nitrogen and oxygen atoms in total. The summed E-state index contributed by atoms with van der Waals surface area (Å²) in [4.78, 5) is 29.1. The van der Waals surface area contributed by atoms with E-state index in [1.165, 1.54) is 24.4 Å². The van der Waals surface area contributed by atoms with Crippen LogP contribution in [0.1, 0.15) is 15.9 Å². The number of methoxy groups -OCH3 is 1. The molecule has 0 fully saturated rings. The van der Waals surface area contributed by atoms with Gasteiger partial charge in [0.15, 0.2) is 5.16 Å². The van der Waals surface area contributed by atoms with E-state index < -0.39 is 5.97 Å². The van der Waals surface area contributed by atoms with E-state index >= 15 is 0 Å². The van der Waals surface area contributed by atoms with Crippen LogP contribution < -0.4 is 5.56 Å². The molecule has 0 aliphatic carbocycles. The third kappa shape index (κ3) is 3.58. The fraction of sp³-hybridized carbons (Fsp3) is 0.211. The first kappa shape index (κ1) is 17.2. The Kier molecular flexibility index (Phi) is 5.19. The number of rotatable bonds is 5. The molecular weight excluding hydrogens is 336 g/mol. The van der Waals surface area contributed by atoms with Crippen molar-refractivity contribution in [3.05, 3.63) is 70.0 Å². The topological polar surface area (TPSA) is 61.2 Å². The highest BCUT2D eigenvalue weighted by atomic mass is 32.2. The molecule has 6 heteroatoms. The van der Waals surface area contributed by atoms with Gasteiger partial charge in [-0.15, -0.1) is 0 Å². The highest BCUT2D eigenvalue weighted by Crippen LogP contribution is 2.17. The maximum absolute atomic E-state index is 12.9. The van der Waals surface area contributed by atoms with E-state index in [1.807, 2.05) is 36.6 Å². The van der Waals surface area contributed by atoms with Crippen LogP contribution in [0.4, 0.5) is 0 Å². The van der Waals surface area contributed by atoms with Gasteiger partial charge in [0.2, 0.25) is 0 Å². The van der Waals surface area contributed by atoms with Crippen LogP contribution in [0.3, 0.4) is 0 Å². The zero-order valence-electron chi connectivity index (χ0n) is 14.1. The van der Waals surface area contributed by atoms with Crippen LogP contribution in [-0.2, 0) is 17.7 Å². The van der Waals surface area contributed by atoms with Gasteiger partial charge in [0.05, 0.1) is 23.6 Å². The second kappa shape index (κ2) is 7.53. The number of benzene rings is 2. The fourth-order valence-corrected chi connectivity index (χ4v) is 3.27. The van der Waals surface area contributed by atoms with Gasteiger partial charge in [0, 0.05) is 6.54 Å². The van der Waals surface area contributed by atoms with E-state index in [-0.39, 0.29) is 5.56 Å². The number of hydrogen-bond acceptors (Lipinski definition) is 5. The Morgan fingerprint density at radius 1 is 1.20 bits per heavy atom. The SMILES string of the molecule is COC(=O)c1ccc2c(=O)n(CCc3ccccc3)c(SC)nc2c1. The van der Waals surface area contributed by atoms with Crippen molar-refractivity contribution in [2.45, 2.75) is 18.1 Å². The van der Waals surface area contributed by atoms with Gasteiger partial charge in [-0.05, 0) is 36.4 Å². The minimum atomic E-state index is -0.442. The van der Waals surface area contributed by atoms with Crippen LogP contribution >= 0.6 is 11.8 Å². The van der Waals surface area contributed by atoms with Gasteiger partial charge >= 0.3 is 5.97 Å². The molecule has 1 aromatic heterocycles. The molecule has 128 valence electrons. The first-order chi connectivity index (χ1) is 12.1. The molecule has 3 rings (SSSR count). The number of aryl methyl sites for hydroxylation is 1. The first-order valence-corrected chi connectivity index (χ1v) is 9.07. The van der Waals surface area contributed by atoms with Crippen LogP contribution in [0.2, 0.25) is 0 Å². The van der Waals surface area contributed by atoms with E-state index in [1.54, 1.807) is 22.8 Å². The predicted molar refractivity (Wildman–Crippen MR) is 99.3 cm³/mol. The smallest absolute Gasteiger partial charge is 0.337 e. The molecule has 0 aliphatic rings. The zero-order chi connectivity index (χ0) is 17.8. The van der Waals surface area contributed by atoms with Crippen LogP contribution in [0.15, 0.2) is 58.5 Å². The van der Waals surface area contributed by atoms with E-state index in [0.29, 0.717) is 28.2 Å². The van der Waals surface area contributed by atoms with Crippen molar-refractivity contribution in [1.29, 1.82) is 0 Å². The molecule has 0 amide bonds. The van der Waals surface area contributed by atoms with Crippen molar-refractivity contribution < 1.29 is 9.53 Å². The van der Waals surface area contributed by atoms with Crippen molar-refractivity contribution in [2.24, 2.45) is 0 Å². The summed E-state index contributed by atoms with van der Waals surface area (Å²) in [6, 6.07) is 14.9. The molecule has 0 saturated carbocycles. The number of carbonyl (C=O) groups is 1. The van der Waals surface area contributed by atoms with E-state index in [0.717, 1.165) is 6.42 Å². The number of hydrogen-bond donors (Lipinski definition) is 0. The van der Waals surface area contributed by atoms with E-state index in [9.17, 15) is 9.59 Å². The predicted octanol–water partition coefficient (Wildman–Crippen LogP) is 3.15. The molecule has 0 saturated heterocycles. The van der Waals surface area contributed by atoms with Crippen molar-refractivity contribution in [1.82, 2.24) is 9.55 Å². The summed E-state index contributed by atoms with van der Waals surface area (Å²) in [6.45, 7) is 0.556. The monoisotopic (exact) mass is 354 g/mol. The summed E-state index contributed by atoms with van der Waals surface area (Å²) in [5.74, 6) is -0.442. The molecule has 3 aromatic rings. The van der Waals surface area contributed by atoms with Gasteiger partial charge in [0.25, 0.3) is 5.56 Å². The summed E-state index contributed by atoms with van der Waals surface area (Å²) in [6.07, 6.45) is 2.64. The van der Waals surface area contributed by atoms with Gasteiger partial charge in [-0.3, -0.25) is 9.36 Å². The summed E-state index contributed by atoms with van der Waals surface area (Å²) >= 11 is 1.42. The third-order valence-electron chi connectivity index (χ3n) is 3.99. The van der Waals surface area contributed by atoms with Crippen LogP contribution in [0.25, 0.3) is 10.9 Å². The molecule has 0 unspecified atom stereocenters. The molecule has 0 atom stereocenters. The fourth-order valence-electron chi connectivity index (χ4n) is 2.68. The Labute approximate surface area is 149 Å². The van der Waals surface area contributed by atoms with Gasteiger partial charge < -0.3 is 4.74 Å². The normalized spacial score (nSPS) is 10.8. The number of thioether (sulfide) groups is 1. The molecule has 0 bridgehead atoms. The van der Waals surface area contributed by atoms with E-state index in [4.69, 9.17) is 4.74 Å². The number of aromatic nitrogens is 2. The summed E-state index contributed by atoms with van der Waals surface area (Å²) in [5, 5.41) is 1.13. The van der Waals surface area contributed by atoms with Gasteiger partial charge in [0.1, 0.15) is 0 Å². The third-order valence-corrected chi connectivity index (χ3v) is 4.67. The molecule has 2 aromatic carbocycles. The molecule has 0 aliphatic heterocycles. The molecule has 0 spiro atoms. The summed E-state index contributed by atoms with van der Waals surface area (Å²) < 4.78 is 6.42. The Hall–Kier alpha value is -2.60. The first-order valence-electron chi connectivity index (χ1n) is 7.85. The van der Waals surface area contributed by atoms with Crippen molar-refractivity contribution in [2.75, 3.05) is 13.4 Å². The van der Waals surface area contributed by atoms with Crippen molar-refractivity contribution in [3.8, 4) is 0 Å². The van der Waals surface area contributed by atoms with Crippen molar-refractivity contribution in [3.63, 3.8) is 0 Å². The molecule has 0 radical (unpaired) electrons. The molecular formula is C19H18N2O3S. The number of nitrogens with zero attached hydrogens (tertiary/aromatic N) is 2.